The van der Waals surface area contributed by atoms with E-state index in [1.807, 2.05) is 12.3 Å². The maximum atomic E-state index is 4.48. The van der Waals surface area contributed by atoms with E-state index in [0.717, 1.165) is 18.7 Å². The number of nitrogens with one attached hydrogen (secondary N) is 1. The van der Waals surface area contributed by atoms with Crippen molar-refractivity contribution in [3.63, 3.8) is 0 Å². The molecule has 2 aromatic rings. The molecule has 21 heavy (non-hydrogen) atoms. The average molecular weight is 283 g/mol. The largest absolute Gasteiger partial charge is 0.378 e. The highest BCUT2D eigenvalue weighted by atomic mass is 15.1. The Bertz CT molecular complexity index is 561. The molecule has 1 aromatic carbocycles. The van der Waals surface area contributed by atoms with Gasteiger partial charge in [0.1, 0.15) is 0 Å². The van der Waals surface area contributed by atoms with E-state index in [1.54, 1.807) is 0 Å². The number of hydrogen-bond acceptors (Lipinski definition) is 3. The molecular weight excluding hydrogens is 258 g/mol. The Kier molecular flexibility index (Phi) is 5.34. The molecule has 0 amide bonds. The van der Waals surface area contributed by atoms with Gasteiger partial charge in [-0.2, -0.15) is 0 Å². The highest BCUT2D eigenvalue weighted by Crippen LogP contribution is 2.18. The van der Waals surface area contributed by atoms with E-state index in [4.69, 9.17) is 0 Å². The first-order valence-electron chi connectivity index (χ1n) is 7.55. The van der Waals surface area contributed by atoms with Crippen LogP contribution in [0.5, 0.6) is 0 Å². The normalized spacial score (nSPS) is 12.2. The van der Waals surface area contributed by atoms with Crippen LogP contribution in [0, 0.1) is 0 Å². The van der Waals surface area contributed by atoms with Gasteiger partial charge in [-0.25, -0.2) is 0 Å². The molecule has 1 atom stereocenters. The molecule has 3 heteroatoms. The van der Waals surface area contributed by atoms with E-state index in [0.29, 0.717) is 6.04 Å². The summed E-state index contributed by atoms with van der Waals surface area (Å²) in [5.74, 6) is 0. The van der Waals surface area contributed by atoms with Crippen LogP contribution in [0.2, 0.25) is 0 Å². The fraction of sp³-hybridized carbons (Fsp3) is 0.389. The van der Waals surface area contributed by atoms with Crippen LogP contribution in [0.1, 0.15) is 36.7 Å². The molecule has 0 aliphatic rings. The number of aromatic nitrogens is 1. The van der Waals surface area contributed by atoms with Crippen molar-refractivity contribution in [1.29, 1.82) is 0 Å². The van der Waals surface area contributed by atoms with Crippen molar-refractivity contribution in [2.45, 2.75) is 32.9 Å². The fourth-order valence-corrected chi connectivity index (χ4v) is 2.38. The summed E-state index contributed by atoms with van der Waals surface area (Å²) in [6.45, 7) is 5.17. The molecule has 1 unspecified atom stereocenters. The Hall–Kier alpha value is -1.87. The van der Waals surface area contributed by atoms with Gasteiger partial charge in [0.25, 0.3) is 0 Å². The van der Waals surface area contributed by atoms with Crippen LogP contribution in [0.25, 0.3) is 0 Å². The zero-order valence-corrected chi connectivity index (χ0v) is 13.4. The van der Waals surface area contributed by atoms with Crippen molar-refractivity contribution in [2.75, 3.05) is 19.0 Å². The predicted molar refractivity (Wildman–Crippen MR) is 89.6 cm³/mol. The molecule has 0 fully saturated rings. The van der Waals surface area contributed by atoms with Gasteiger partial charge in [0.2, 0.25) is 0 Å². The first kappa shape index (κ1) is 15.5. The van der Waals surface area contributed by atoms with E-state index >= 15 is 0 Å². The zero-order valence-electron chi connectivity index (χ0n) is 13.4. The van der Waals surface area contributed by atoms with Crippen molar-refractivity contribution < 1.29 is 0 Å². The van der Waals surface area contributed by atoms with Crippen LogP contribution in [0.4, 0.5) is 5.69 Å². The number of pyridine rings is 1. The highest BCUT2D eigenvalue weighted by molar-refractivity contribution is 5.46. The summed E-state index contributed by atoms with van der Waals surface area (Å²) in [5.41, 5.74) is 5.00. The smallest absolute Gasteiger partial charge is 0.0573 e. The summed E-state index contributed by atoms with van der Waals surface area (Å²) in [7, 11) is 4.12. The van der Waals surface area contributed by atoms with Gasteiger partial charge in [0, 0.05) is 38.6 Å². The lowest BCUT2D eigenvalue weighted by Gasteiger charge is -2.17. The van der Waals surface area contributed by atoms with E-state index in [2.05, 4.69) is 73.5 Å². The van der Waals surface area contributed by atoms with Gasteiger partial charge in [0.15, 0.2) is 0 Å². The van der Waals surface area contributed by atoms with Gasteiger partial charge < -0.3 is 10.2 Å². The maximum Gasteiger partial charge on any atom is 0.0573 e. The quantitative estimate of drug-likeness (QED) is 0.878. The van der Waals surface area contributed by atoms with Crippen LogP contribution in [-0.2, 0) is 13.0 Å². The van der Waals surface area contributed by atoms with Gasteiger partial charge in [-0.05, 0) is 42.7 Å². The number of benzene rings is 1. The standard InChI is InChI=1S/C18H25N3/c1-5-15-7-6-12-19-18(15)13-20-14(2)16-8-10-17(11-9-16)21(3)4/h6-12,14,20H,5,13H2,1-4H3. The summed E-state index contributed by atoms with van der Waals surface area (Å²) in [5, 5.41) is 3.56. The van der Waals surface area contributed by atoms with Crippen molar-refractivity contribution in [1.82, 2.24) is 10.3 Å². The Morgan fingerprint density at radius 3 is 2.48 bits per heavy atom. The minimum absolute atomic E-state index is 0.313. The fourth-order valence-electron chi connectivity index (χ4n) is 2.38. The number of nitrogens with zero attached hydrogens (tertiary/aromatic N) is 2. The molecular formula is C18H25N3. The van der Waals surface area contributed by atoms with Gasteiger partial charge in [-0.1, -0.05) is 25.1 Å². The lowest BCUT2D eigenvalue weighted by atomic mass is 10.1. The van der Waals surface area contributed by atoms with Crippen molar-refractivity contribution in [2.24, 2.45) is 0 Å². The monoisotopic (exact) mass is 283 g/mol. The molecule has 0 radical (unpaired) electrons. The van der Waals surface area contributed by atoms with Crippen molar-refractivity contribution in [3.8, 4) is 0 Å². The summed E-state index contributed by atoms with van der Waals surface area (Å²) in [6.07, 6.45) is 2.89. The third-order valence-electron chi connectivity index (χ3n) is 3.85. The molecule has 0 aliphatic heterocycles. The molecule has 0 aliphatic carbocycles. The number of aryl methyl sites for hydroxylation is 1. The topological polar surface area (TPSA) is 28.2 Å². The highest BCUT2D eigenvalue weighted by Gasteiger charge is 2.07. The maximum absolute atomic E-state index is 4.48. The zero-order chi connectivity index (χ0) is 15.2. The molecule has 0 spiro atoms. The van der Waals surface area contributed by atoms with E-state index in [-0.39, 0.29) is 0 Å². The van der Waals surface area contributed by atoms with Crippen molar-refractivity contribution in [3.05, 3.63) is 59.4 Å². The minimum atomic E-state index is 0.313. The first-order valence-corrected chi connectivity index (χ1v) is 7.55. The van der Waals surface area contributed by atoms with Crippen LogP contribution >= 0.6 is 0 Å². The molecule has 0 bridgehead atoms. The predicted octanol–water partition coefficient (Wildman–Crippen LogP) is 3.56. The Morgan fingerprint density at radius 1 is 1.14 bits per heavy atom. The second-order valence-electron chi connectivity index (χ2n) is 5.55. The number of rotatable bonds is 6. The second kappa shape index (κ2) is 7.23. The molecule has 3 nitrogen and oxygen atoms in total. The lowest BCUT2D eigenvalue weighted by molar-refractivity contribution is 0.565. The summed E-state index contributed by atoms with van der Waals surface area (Å²) in [4.78, 5) is 6.60. The van der Waals surface area contributed by atoms with Crippen LogP contribution < -0.4 is 10.2 Å². The Balaban J connectivity index is 1.99. The average Bonchev–Trinajstić information content (AvgIpc) is 2.52. The Labute approximate surface area is 128 Å². The molecule has 0 saturated carbocycles. The number of anilines is 1. The molecule has 1 aromatic heterocycles. The van der Waals surface area contributed by atoms with Crippen LogP contribution in [0.3, 0.4) is 0 Å². The molecule has 1 heterocycles. The van der Waals surface area contributed by atoms with E-state index in [1.165, 1.54) is 16.8 Å². The van der Waals surface area contributed by atoms with Gasteiger partial charge in [-0.3, -0.25) is 4.98 Å². The molecule has 0 saturated heterocycles. The molecule has 1 N–H and O–H groups in total. The van der Waals surface area contributed by atoms with Gasteiger partial charge in [0.05, 0.1) is 5.69 Å². The second-order valence-corrected chi connectivity index (χ2v) is 5.55. The third-order valence-corrected chi connectivity index (χ3v) is 3.85. The summed E-state index contributed by atoms with van der Waals surface area (Å²) in [6, 6.07) is 13.2. The molecule has 112 valence electrons. The van der Waals surface area contributed by atoms with Crippen molar-refractivity contribution >= 4 is 5.69 Å². The summed E-state index contributed by atoms with van der Waals surface area (Å²) < 4.78 is 0. The number of hydrogen-bond donors (Lipinski definition) is 1. The molecule has 2 rings (SSSR count). The van der Waals surface area contributed by atoms with E-state index in [9.17, 15) is 0 Å². The minimum Gasteiger partial charge on any atom is -0.378 e. The van der Waals surface area contributed by atoms with Gasteiger partial charge in [-0.15, -0.1) is 0 Å². The van der Waals surface area contributed by atoms with Crippen LogP contribution in [-0.4, -0.2) is 19.1 Å². The first-order chi connectivity index (χ1) is 10.1. The lowest BCUT2D eigenvalue weighted by Crippen LogP contribution is -2.20. The Morgan fingerprint density at radius 2 is 1.86 bits per heavy atom. The van der Waals surface area contributed by atoms with E-state index < -0.39 is 0 Å². The van der Waals surface area contributed by atoms with Gasteiger partial charge >= 0.3 is 0 Å². The van der Waals surface area contributed by atoms with Crippen LogP contribution in [0.15, 0.2) is 42.6 Å². The third kappa shape index (κ3) is 4.05. The SMILES string of the molecule is CCc1cccnc1CNC(C)c1ccc(N(C)C)cc1. The summed E-state index contributed by atoms with van der Waals surface area (Å²) >= 11 is 0.